The molecule has 0 aromatic heterocycles. The smallest absolute Gasteiger partial charge is 0.170 e. The molecule has 0 radical (unpaired) electrons. The minimum Gasteiger partial charge on any atom is -0.198 e. The van der Waals surface area contributed by atoms with Gasteiger partial charge in [0.1, 0.15) is 0 Å². The van der Waals surface area contributed by atoms with Gasteiger partial charge >= 0.3 is 0 Å². The predicted molar refractivity (Wildman–Crippen MR) is 44.6 cm³/mol. The molecule has 0 unspecified atom stereocenters. The van der Waals surface area contributed by atoms with E-state index in [2.05, 4.69) is 16.3 Å². The van der Waals surface area contributed by atoms with Gasteiger partial charge < -0.3 is 0 Å². The van der Waals surface area contributed by atoms with Gasteiger partial charge in [0.2, 0.25) is 0 Å². The molecule has 1 aliphatic heterocycles. The van der Waals surface area contributed by atoms with Crippen LogP contribution in [0.15, 0.2) is 10.2 Å². The van der Waals surface area contributed by atoms with Gasteiger partial charge in [-0.05, 0) is 12.8 Å². The molecule has 0 aromatic rings. The van der Waals surface area contributed by atoms with Crippen molar-refractivity contribution in [2.75, 3.05) is 0 Å². The molecule has 1 fully saturated rings. The van der Waals surface area contributed by atoms with Gasteiger partial charge in [0.05, 0.1) is 17.7 Å². The third kappa shape index (κ3) is 1.29. The highest BCUT2D eigenvalue weighted by Gasteiger charge is 2.54. The topological polar surface area (TPSA) is 72.3 Å². The number of nitriles is 2. The van der Waals surface area contributed by atoms with Crippen molar-refractivity contribution in [3.63, 3.8) is 0 Å². The zero-order chi connectivity index (χ0) is 9.36. The van der Waals surface area contributed by atoms with E-state index in [1.165, 1.54) is 0 Å². The molecule has 2 aliphatic rings. The van der Waals surface area contributed by atoms with E-state index in [4.69, 9.17) is 10.5 Å². The van der Waals surface area contributed by atoms with Crippen LogP contribution >= 0.6 is 0 Å². The number of azo groups is 1. The SMILES string of the molecule is N#CCC[C@]1(C#N)CC2(CC2)N=N1. The van der Waals surface area contributed by atoms with Crippen LogP contribution in [0.3, 0.4) is 0 Å². The standard InChI is InChI=1S/C9H10N4/c10-5-1-2-9(7-11)6-8(3-4-8)12-13-9/h1-4,6H2/t9-/m1/s1. The van der Waals surface area contributed by atoms with Crippen molar-refractivity contribution >= 4 is 0 Å². The summed E-state index contributed by atoms with van der Waals surface area (Å²) in [6, 6.07) is 4.24. The van der Waals surface area contributed by atoms with E-state index in [-0.39, 0.29) is 5.54 Å². The summed E-state index contributed by atoms with van der Waals surface area (Å²) < 4.78 is 0. The Labute approximate surface area is 76.9 Å². The first-order valence-corrected chi connectivity index (χ1v) is 4.47. The van der Waals surface area contributed by atoms with Crippen molar-refractivity contribution < 1.29 is 0 Å². The predicted octanol–water partition coefficient (Wildman–Crippen LogP) is 1.94. The second-order valence-electron chi connectivity index (χ2n) is 3.90. The molecule has 4 heteroatoms. The number of rotatable bonds is 2. The molecular formula is C9H10N4. The van der Waals surface area contributed by atoms with E-state index in [9.17, 15) is 0 Å². The minimum absolute atomic E-state index is 0.00514. The Morgan fingerprint density at radius 3 is 2.46 bits per heavy atom. The van der Waals surface area contributed by atoms with Gasteiger partial charge in [-0.15, -0.1) is 0 Å². The summed E-state index contributed by atoms with van der Waals surface area (Å²) in [5.74, 6) is 0. The Bertz CT molecular complexity index is 329. The van der Waals surface area contributed by atoms with Gasteiger partial charge in [-0.2, -0.15) is 20.8 Å². The Hall–Kier alpha value is -1.42. The van der Waals surface area contributed by atoms with Crippen molar-refractivity contribution in [3.05, 3.63) is 0 Å². The molecule has 1 atom stereocenters. The number of nitrogens with zero attached hydrogens (tertiary/aromatic N) is 4. The van der Waals surface area contributed by atoms with E-state index in [1.54, 1.807) is 0 Å². The molecule has 1 spiro atoms. The van der Waals surface area contributed by atoms with Crippen LogP contribution in [0.2, 0.25) is 0 Å². The molecule has 66 valence electrons. The van der Waals surface area contributed by atoms with E-state index in [1.807, 2.05) is 6.07 Å². The lowest BCUT2D eigenvalue weighted by atomic mass is 9.89. The quantitative estimate of drug-likeness (QED) is 0.641. The Kier molecular flexibility index (Phi) is 1.60. The van der Waals surface area contributed by atoms with Gasteiger partial charge in [0.15, 0.2) is 5.54 Å². The summed E-state index contributed by atoms with van der Waals surface area (Å²) in [4.78, 5) is 0. The third-order valence-corrected chi connectivity index (χ3v) is 2.76. The molecule has 1 aliphatic carbocycles. The van der Waals surface area contributed by atoms with Crippen LogP contribution in [-0.2, 0) is 0 Å². The first-order chi connectivity index (χ1) is 6.24. The zero-order valence-electron chi connectivity index (χ0n) is 7.32. The van der Waals surface area contributed by atoms with Gasteiger partial charge in [-0.1, -0.05) is 0 Å². The average molecular weight is 174 g/mol. The summed E-state index contributed by atoms with van der Waals surface area (Å²) in [7, 11) is 0. The zero-order valence-corrected chi connectivity index (χ0v) is 7.32. The molecule has 0 N–H and O–H groups in total. The number of hydrogen-bond donors (Lipinski definition) is 0. The molecule has 13 heavy (non-hydrogen) atoms. The van der Waals surface area contributed by atoms with Gasteiger partial charge in [0.25, 0.3) is 0 Å². The lowest BCUT2D eigenvalue weighted by molar-refractivity contribution is 0.480. The van der Waals surface area contributed by atoms with Gasteiger partial charge in [0, 0.05) is 19.3 Å². The molecule has 0 amide bonds. The summed E-state index contributed by atoms with van der Waals surface area (Å²) in [5, 5.41) is 25.6. The van der Waals surface area contributed by atoms with E-state index >= 15 is 0 Å². The average Bonchev–Trinajstić information content (AvgIpc) is 2.79. The van der Waals surface area contributed by atoms with Crippen LogP contribution in [-0.4, -0.2) is 11.1 Å². The van der Waals surface area contributed by atoms with Crippen LogP contribution in [0.5, 0.6) is 0 Å². The van der Waals surface area contributed by atoms with Crippen LogP contribution in [0.25, 0.3) is 0 Å². The molecule has 0 aromatic carbocycles. The van der Waals surface area contributed by atoms with E-state index in [0.717, 1.165) is 19.3 Å². The summed E-state index contributed by atoms with van der Waals surface area (Å²) in [5.41, 5.74) is -0.669. The van der Waals surface area contributed by atoms with Gasteiger partial charge in [-0.3, -0.25) is 0 Å². The Morgan fingerprint density at radius 2 is 2.00 bits per heavy atom. The highest BCUT2D eigenvalue weighted by atomic mass is 15.3. The maximum Gasteiger partial charge on any atom is 0.170 e. The fraction of sp³-hybridized carbons (Fsp3) is 0.778. The fourth-order valence-corrected chi connectivity index (χ4v) is 1.76. The second kappa shape index (κ2) is 2.53. The van der Waals surface area contributed by atoms with Crippen LogP contribution in [0.4, 0.5) is 0 Å². The maximum atomic E-state index is 8.99. The van der Waals surface area contributed by atoms with Crippen molar-refractivity contribution in [2.24, 2.45) is 10.2 Å². The highest BCUT2D eigenvalue weighted by molar-refractivity contribution is 5.20. The lowest BCUT2D eigenvalue weighted by Gasteiger charge is -2.13. The van der Waals surface area contributed by atoms with Crippen molar-refractivity contribution in [1.82, 2.24) is 0 Å². The van der Waals surface area contributed by atoms with Crippen molar-refractivity contribution in [2.45, 2.75) is 43.2 Å². The molecule has 2 rings (SSSR count). The highest BCUT2D eigenvalue weighted by Crippen LogP contribution is 2.52. The molecule has 1 saturated carbocycles. The summed E-state index contributed by atoms with van der Waals surface area (Å²) >= 11 is 0. The Morgan fingerprint density at radius 1 is 1.23 bits per heavy atom. The van der Waals surface area contributed by atoms with Crippen molar-refractivity contribution in [3.8, 4) is 12.1 Å². The fourth-order valence-electron chi connectivity index (χ4n) is 1.76. The third-order valence-electron chi connectivity index (χ3n) is 2.76. The van der Waals surface area contributed by atoms with Gasteiger partial charge in [-0.25, -0.2) is 0 Å². The molecular weight excluding hydrogens is 164 g/mol. The van der Waals surface area contributed by atoms with Crippen LogP contribution in [0.1, 0.15) is 32.1 Å². The van der Waals surface area contributed by atoms with Crippen molar-refractivity contribution in [1.29, 1.82) is 10.5 Å². The monoisotopic (exact) mass is 174 g/mol. The Balaban J connectivity index is 2.08. The van der Waals surface area contributed by atoms with Crippen LogP contribution < -0.4 is 0 Å². The molecule has 0 bridgehead atoms. The minimum atomic E-state index is -0.674. The first kappa shape index (κ1) is 8.19. The maximum absolute atomic E-state index is 8.99. The molecule has 4 nitrogen and oxygen atoms in total. The normalized spacial score (nSPS) is 32.8. The summed E-state index contributed by atoms with van der Waals surface area (Å²) in [6.07, 6.45) is 3.78. The van der Waals surface area contributed by atoms with E-state index < -0.39 is 5.54 Å². The second-order valence-corrected chi connectivity index (χ2v) is 3.90. The van der Waals surface area contributed by atoms with Crippen LogP contribution in [0, 0.1) is 22.7 Å². The number of hydrogen-bond acceptors (Lipinski definition) is 4. The molecule has 0 saturated heterocycles. The lowest BCUT2D eigenvalue weighted by Crippen LogP contribution is -2.24. The summed E-state index contributed by atoms with van der Waals surface area (Å²) in [6.45, 7) is 0. The largest absolute Gasteiger partial charge is 0.198 e. The van der Waals surface area contributed by atoms with E-state index in [0.29, 0.717) is 12.8 Å². The molecule has 1 heterocycles. The first-order valence-electron chi connectivity index (χ1n) is 4.47.